The molecule has 1 saturated heterocycles. The molecule has 0 bridgehead atoms. The molecule has 174 valence electrons. The zero-order chi connectivity index (χ0) is 23.8. The van der Waals surface area contributed by atoms with Gasteiger partial charge in [0.1, 0.15) is 4.75 Å². The molecule has 2 heterocycles. The fourth-order valence-corrected chi connectivity index (χ4v) is 6.81. The molecule has 2 rings (SSSR count). The predicted molar refractivity (Wildman–Crippen MR) is 92.6 cm³/mol. The van der Waals surface area contributed by atoms with Crippen LogP contribution in [0.15, 0.2) is 11.0 Å². The van der Waals surface area contributed by atoms with Crippen LogP contribution in [-0.4, -0.2) is 32.1 Å². The lowest BCUT2D eigenvalue weighted by molar-refractivity contribution is -0.339. The van der Waals surface area contributed by atoms with Crippen LogP contribution in [0.1, 0.15) is 11.8 Å². The van der Waals surface area contributed by atoms with E-state index >= 15 is 0 Å². The summed E-state index contributed by atoms with van der Waals surface area (Å²) >= 11 is 0.583. The summed E-state index contributed by atoms with van der Waals surface area (Å²) in [5, 5.41) is 9.22. The van der Waals surface area contributed by atoms with Gasteiger partial charge in [-0.2, -0.15) is 4.98 Å². The number of aliphatic hydroxyl groups excluding tert-OH is 1. The smallest absolute Gasteiger partial charge is 0.350 e. The highest BCUT2D eigenvalue weighted by Crippen LogP contribution is 2.61. The number of terminal acetylenes is 1. The Labute approximate surface area is 176 Å². The molecule has 1 aliphatic heterocycles. The van der Waals surface area contributed by atoms with Gasteiger partial charge in [-0.05, 0) is 0 Å². The van der Waals surface area contributed by atoms with E-state index in [0.29, 0.717) is 18.0 Å². The Bertz CT molecular complexity index is 1100. The van der Waals surface area contributed by atoms with Crippen molar-refractivity contribution in [2.24, 2.45) is 0 Å². The fourth-order valence-electron chi connectivity index (χ4n) is 2.35. The quantitative estimate of drug-likeness (QED) is 0.258. The summed E-state index contributed by atoms with van der Waals surface area (Å²) in [5.74, 6) is 0.312. The van der Waals surface area contributed by atoms with Gasteiger partial charge in [0.25, 0.3) is 15.6 Å². The van der Waals surface area contributed by atoms with Crippen LogP contribution in [0.4, 0.5) is 10.2 Å². The molecule has 3 N–H and O–H groups in total. The number of halogens is 1. The Morgan fingerprint density at radius 2 is 1.97 bits per heavy atom. The van der Waals surface area contributed by atoms with Crippen molar-refractivity contribution >= 4 is 41.0 Å². The minimum Gasteiger partial charge on any atom is -0.790 e. The summed E-state index contributed by atoms with van der Waals surface area (Å²) < 4.78 is 56.4. The number of phosphoric acid groups is 3. The highest BCUT2D eigenvalue weighted by Gasteiger charge is 2.49. The largest absolute Gasteiger partial charge is 0.790 e. The van der Waals surface area contributed by atoms with Crippen molar-refractivity contribution in [3.63, 3.8) is 0 Å². The van der Waals surface area contributed by atoms with Crippen molar-refractivity contribution in [2.75, 3.05) is 12.3 Å². The minimum atomic E-state index is -6.19. The summed E-state index contributed by atoms with van der Waals surface area (Å²) in [4.78, 5) is 58.7. The second kappa shape index (κ2) is 9.03. The van der Waals surface area contributed by atoms with Crippen LogP contribution in [0.2, 0.25) is 0 Å². The first-order valence-corrected chi connectivity index (χ1v) is 12.8. The predicted octanol–water partition coefficient (Wildman–Crippen LogP) is -2.85. The van der Waals surface area contributed by atoms with Crippen LogP contribution < -0.4 is 31.0 Å². The van der Waals surface area contributed by atoms with Crippen molar-refractivity contribution in [3.05, 3.63) is 22.5 Å². The number of hydrogen-bond acceptors (Lipinski definition) is 15. The molecule has 15 nitrogen and oxygen atoms in total. The van der Waals surface area contributed by atoms with Crippen molar-refractivity contribution in [3.8, 4) is 12.3 Å². The first kappa shape index (κ1) is 26.1. The second-order valence-corrected chi connectivity index (χ2v) is 11.6. The van der Waals surface area contributed by atoms with Gasteiger partial charge in [0.15, 0.2) is 11.6 Å². The zero-order valence-corrected chi connectivity index (χ0v) is 18.3. The Balaban J connectivity index is 2.18. The van der Waals surface area contributed by atoms with Gasteiger partial charge in [0, 0.05) is 12.6 Å². The van der Waals surface area contributed by atoms with Crippen LogP contribution in [0.25, 0.3) is 0 Å². The molecule has 1 fully saturated rings. The van der Waals surface area contributed by atoms with Crippen molar-refractivity contribution in [1.82, 2.24) is 9.55 Å². The van der Waals surface area contributed by atoms with E-state index in [1.54, 1.807) is 0 Å². The molecule has 0 saturated carbocycles. The molecular formula is C11H11FN3O12P3S-4. The summed E-state index contributed by atoms with van der Waals surface area (Å²) in [7, 11) is -18.2. The van der Waals surface area contributed by atoms with Gasteiger partial charge in [-0.25, -0.2) is 13.5 Å². The van der Waals surface area contributed by atoms with Gasteiger partial charge in [0.05, 0.1) is 25.9 Å². The Morgan fingerprint density at radius 1 is 1.35 bits per heavy atom. The summed E-state index contributed by atoms with van der Waals surface area (Å²) in [5.41, 5.74) is 4.18. The second-order valence-electron chi connectivity index (χ2n) is 5.80. The fraction of sp³-hybridized carbons (Fsp3) is 0.455. The van der Waals surface area contributed by atoms with Gasteiger partial charge in [-0.15, -0.1) is 18.2 Å². The number of nitrogens with zero attached hydrogens (tertiary/aromatic N) is 2. The van der Waals surface area contributed by atoms with Crippen molar-refractivity contribution < 1.29 is 55.9 Å². The number of nitrogen functional groups attached to an aromatic ring is 1. The van der Waals surface area contributed by atoms with Crippen LogP contribution in [0, 0.1) is 18.2 Å². The van der Waals surface area contributed by atoms with E-state index in [2.05, 4.69) is 18.1 Å². The Morgan fingerprint density at radius 3 is 2.52 bits per heavy atom. The highest BCUT2D eigenvalue weighted by molar-refractivity contribution is 8.01. The maximum atomic E-state index is 13.7. The molecule has 2 unspecified atom stereocenters. The monoisotopic (exact) mass is 521 g/mol. The van der Waals surface area contributed by atoms with Crippen molar-refractivity contribution in [1.29, 1.82) is 0 Å². The topological polar surface area (TPSA) is 252 Å². The first-order valence-electron chi connectivity index (χ1n) is 7.58. The Hall–Kier alpha value is -1.11. The van der Waals surface area contributed by atoms with Crippen LogP contribution in [0.5, 0.6) is 0 Å². The average molecular weight is 521 g/mol. The molecule has 1 aliphatic rings. The van der Waals surface area contributed by atoms with E-state index < -0.39 is 63.6 Å². The van der Waals surface area contributed by atoms with Gasteiger partial charge in [-0.3, -0.25) is 18.0 Å². The number of aliphatic hydroxyl groups is 1. The molecule has 0 aromatic carbocycles. The standard InChI is InChI=1S/C11H15FN3O12P3S/c1-2-11(5-25-29(21,22)27-30(23,24)26-28(18,19)20)7(16)3-8(31-11)15-4-6(12)9(13)14-10(15)17/h1,4,7-8,16H,3,5H2,(H,21,22)(H,23,24)(H2,13,14,17)(H2,18,19,20)/p-4/t7-,8+,11+/m0/s1. The zero-order valence-electron chi connectivity index (χ0n) is 14.8. The Kier molecular flexibility index (Phi) is 7.61. The lowest BCUT2D eigenvalue weighted by Crippen LogP contribution is -2.38. The minimum absolute atomic E-state index is 0.314. The van der Waals surface area contributed by atoms with Crippen LogP contribution in [-0.2, 0) is 26.8 Å². The number of hydrogen-bond donors (Lipinski definition) is 2. The van der Waals surface area contributed by atoms with Gasteiger partial charge in [-0.1, -0.05) is 5.92 Å². The van der Waals surface area contributed by atoms with Crippen LogP contribution >= 0.6 is 35.2 Å². The third kappa shape index (κ3) is 6.69. The summed E-state index contributed by atoms with van der Waals surface area (Å²) in [6.45, 7) is -1.13. The molecule has 5 atom stereocenters. The number of rotatable bonds is 8. The van der Waals surface area contributed by atoms with Gasteiger partial charge in [0.2, 0.25) is 0 Å². The summed E-state index contributed by atoms with van der Waals surface area (Å²) in [6.07, 6.45) is 4.15. The van der Waals surface area contributed by atoms with E-state index in [9.17, 15) is 47.6 Å². The third-order valence-corrected chi connectivity index (χ3v) is 8.90. The van der Waals surface area contributed by atoms with E-state index in [4.69, 9.17) is 12.2 Å². The molecular weight excluding hydrogens is 510 g/mol. The molecule has 0 spiro atoms. The lowest BCUT2D eigenvalue weighted by Gasteiger charge is -2.38. The molecule has 0 radical (unpaired) electrons. The number of aromatic nitrogens is 2. The van der Waals surface area contributed by atoms with E-state index in [-0.39, 0.29) is 6.42 Å². The molecule has 31 heavy (non-hydrogen) atoms. The first-order chi connectivity index (χ1) is 14.0. The average Bonchev–Trinajstić information content (AvgIpc) is 2.90. The molecule has 1 aromatic heterocycles. The highest BCUT2D eigenvalue weighted by atomic mass is 32.2. The molecule has 0 aliphatic carbocycles. The molecule has 0 amide bonds. The SMILES string of the molecule is C#C[C@]1(COP(=O)([O-])OP(=O)([O-])OP(=O)([O-])[O-])S[C@@H](n2cc(F)c(N)nc2=O)C[C@@H]1O. The van der Waals surface area contributed by atoms with Crippen LogP contribution in [0.3, 0.4) is 0 Å². The van der Waals surface area contributed by atoms with Gasteiger partial charge >= 0.3 is 5.69 Å². The van der Waals surface area contributed by atoms with E-state index in [1.807, 2.05) is 5.92 Å². The maximum Gasteiger partial charge on any atom is 0.350 e. The van der Waals surface area contributed by atoms with E-state index in [0.717, 1.165) is 4.57 Å². The number of phosphoric ester groups is 1. The number of thioether (sulfide) groups is 1. The third-order valence-electron chi connectivity index (χ3n) is 3.64. The number of anilines is 1. The number of nitrogens with two attached hydrogens (primary N) is 1. The maximum absolute atomic E-state index is 13.7. The van der Waals surface area contributed by atoms with Crippen molar-refractivity contribution in [2.45, 2.75) is 22.6 Å². The normalized spacial score (nSPS) is 27.9. The van der Waals surface area contributed by atoms with E-state index in [1.165, 1.54) is 0 Å². The van der Waals surface area contributed by atoms with Gasteiger partial charge < -0.3 is 39.5 Å². The molecule has 20 heteroatoms. The molecule has 1 aromatic rings. The summed E-state index contributed by atoms with van der Waals surface area (Å²) in [6, 6.07) is 0. The lowest BCUT2D eigenvalue weighted by atomic mass is 10.0.